The number of hydrogen-bond acceptors (Lipinski definition) is 7. The van der Waals surface area contributed by atoms with E-state index in [4.69, 9.17) is 4.74 Å². The van der Waals surface area contributed by atoms with Gasteiger partial charge in [-0.1, -0.05) is 58.4 Å². The number of rotatable bonds is 13. The van der Waals surface area contributed by atoms with Crippen molar-refractivity contribution >= 4 is 27.7 Å². The number of sulfonamides is 1. The van der Waals surface area contributed by atoms with Gasteiger partial charge in [0.05, 0.1) is 21.8 Å². The Kier molecular flexibility index (Phi) is 12.1. The van der Waals surface area contributed by atoms with Crippen LogP contribution in [0.4, 0.5) is 28.0 Å². The summed E-state index contributed by atoms with van der Waals surface area (Å²) in [5.74, 6) is -1.71. The standard InChI is InChI=1S/C41H48F4N6O5S/c1-25-20-30(17-19-46-25)40(18-16-27-12-13-27,50-57(54,55)26(2)38(3,4)5)29-14-15-32(42)33(22-29)48-36(52)34-23-35(41(43,44)45)49-51(34)31-11-9-10-28(21-31)24-47-37(53)56-39(6,7)8/h9-11,14-15,17,19-23,27,50H,2,12-13,16,18,24H2,1,3-8H3,(H,47,53)(H,48,52). The first kappa shape index (κ1) is 43.0. The summed E-state index contributed by atoms with van der Waals surface area (Å²) in [6, 6.07) is 13.7. The predicted molar refractivity (Wildman–Crippen MR) is 208 cm³/mol. The Bertz CT molecular complexity index is 2270. The number of halogens is 4. The topological polar surface area (TPSA) is 144 Å². The van der Waals surface area contributed by atoms with Crippen LogP contribution < -0.4 is 15.4 Å². The van der Waals surface area contributed by atoms with Gasteiger partial charge >= 0.3 is 12.3 Å². The van der Waals surface area contributed by atoms with Crippen molar-refractivity contribution in [3.05, 3.63) is 118 Å². The number of allylic oxidation sites excluding steroid dienone is 1. The third-order valence-corrected chi connectivity index (χ3v) is 11.3. The molecule has 0 aliphatic heterocycles. The average Bonchev–Trinajstić information content (AvgIpc) is 3.82. The molecule has 2 aromatic carbocycles. The van der Waals surface area contributed by atoms with Gasteiger partial charge in [-0.15, -0.1) is 0 Å². The Morgan fingerprint density at radius 3 is 2.26 bits per heavy atom. The number of alkyl carbamates (subject to hydrolysis) is 1. The zero-order valence-corrected chi connectivity index (χ0v) is 33.8. The Labute approximate surface area is 330 Å². The highest BCUT2D eigenvalue weighted by molar-refractivity contribution is 7.93. The van der Waals surface area contributed by atoms with E-state index in [9.17, 15) is 31.2 Å². The van der Waals surface area contributed by atoms with Gasteiger partial charge in [0.2, 0.25) is 10.0 Å². The molecule has 0 saturated heterocycles. The molecule has 16 heteroatoms. The lowest BCUT2D eigenvalue weighted by Crippen LogP contribution is -2.48. The monoisotopic (exact) mass is 812 g/mol. The molecule has 0 spiro atoms. The molecule has 2 aromatic heterocycles. The number of anilines is 1. The molecule has 1 saturated carbocycles. The van der Waals surface area contributed by atoms with Crippen molar-refractivity contribution < 1.29 is 40.3 Å². The molecular weight excluding hydrogens is 765 g/mol. The van der Waals surface area contributed by atoms with Crippen LogP contribution in [0.1, 0.15) is 106 Å². The van der Waals surface area contributed by atoms with Crippen LogP contribution >= 0.6 is 0 Å². The zero-order valence-electron chi connectivity index (χ0n) is 33.0. The zero-order chi connectivity index (χ0) is 42.1. The third kappa shape index (κ3) is 10.7. The molecule has 306 valence electrons. The minimum absolute atomic E-state index is 0.0500. The number of benzene rings is 2. The molecule has 1 atom stereocenters. The van der Waals surface area contributed by atoms with Gasteiger partial charge in [-0.25, -0.2) is 22.3 Å². The first-order valence-corrected chi connectivity index (χ1v) is 19.9. The number of nitrogens with one attached hydrogen (secondary N) is 3. The van der Waals surface area contributed by atoms with Gasteiger partial charge in [-0.2, -0.15) is 23.0 Å². The molecule has 57 heavy (non-hydrogen) atoms. The summed E-state index contributed by atoms with van der Waals surface area (Å²) in [5, 5.41) is 8.68. The highest BCUT2D eigenvalue weighted by atomic mass is 32.2. The SMILES string of the molecule is C=C(C(C)(C)C)S(=O)(=O)NC(CCC1CC1)(c1ccnc(C)c1)c1ccc(F)c(NC(=O)c2cc(C(F)(F)F)nn2-c2cccc(CNC(=O)OC(C)(C)C)c2)c1. The molecule has 3 N–H and O–H groups in total. The van der Waals surface area contributed by atoms with Crippen molar-refractivity contribution in [3.63, 3.8) is 0 Å². The van der Waals surface area contributed by atoms with E-state index in [2.05, 4.69) is 32.0 Å². The number of hydrogen-bond donors (Lipinski definition) is 3. The minimum Gasteiger partial charge on any atom is -0.444 e. The molecule has 0 bridgehead atoms. The fourth-order valence-electron chi connectivity index (χ4n) is 6.19. The van der Waals surface area contributed by atoms with Crippen LogP contribution in [0.3, 0.4) is 0 Å². The summed E-state index contributed by atoms with van der Waals surface area (Å²) < 4.78 is 95.1. The van der Waals surface area contributed by atoms with Crippen molar-refractivity contribution in [2.45, 2.75) is 98.0 Å². The van der Waals surface area contributed by atoms with Gasteiger partial charge in [-0.3, -0.25) is 9.78 Å². The van der Waals surface area contributed by atoms with E-state index < -0.39 is 67.6 Å². The molecule has 1 aliphatic rings. The lowest BCUT2D eigenvalue weighted by atomic mass is 9.79. The summed E-state index contributed by atoms with van der Waals surface area (Å²) >= 11 is 0. The second-order valence-corrected chi connectivity index (χ2v) is 18.1. The molecule has 1 fully saturated rings. The second-order valence-electron chi connectivity index (χ2n) is 16.4. The first-order valence-electron chi connectivity index (χ1n) is 18.4. The number of aryl methyl sites for hydroxylation is 1. The van der Waals surface area contributed by atoms with Gasteiger partial charge in [-0.05, 0) is 105 Å². The van der Waals surface area contributed by atoms with Gasteiger partial charge in [0.25, 0.3) is 5.91 Å². The van der Waals surface area contributed by atoms with E-state index in [0.29, 0.717) is 35.2 Å². The van der Waals surface area contributed by atoms with Gasteiger partial charge < -0.3 is 15.4 Å². The Morgan fingerprint density at radius 1 is 0.965 bits per heavy atom. The van der Waals surface area contributed by atoms with Crippen molar-refractivity contribution in [2.75, 3.05) is 5.32 Å². The maximum absolute atomic E-state index is 15.7. The molecule has 5 rings (SSSR count). The Balaban J connectivity index is 1.57. The van der Waals surface area contributed by atoms with E-state index in [-0.39, 0.29) is 29.1 Å². The third-order valence-electron chi connectivity index (χ3n) is 9.41. The smallest absolute Gasteiger partial charge is 0.435 e. The van der Waals surface area contributed by atoms with E-state index >= 15 is 4.39 Å². The molecule has 1 unspecified atom stereocenters. The average molecular weight is 813 g/mol. The van der Waals surface area contributed by atoms with Crippen molar-refractivity contribution in [1.82, 2.24) is 24.8 Å². The number of alkyl halides is 3. The van der Waals surface area contributed by atoms with Crippen LogP contribution in [0.15, 0.2) is 78.3 Å². The van der Waals surface area contributed by atoms with Crippen LogP contribution in [0.25, 0.3) is 5.69 Å². The molecule has 1 aliphatic carbocycles. The molecular formula is C41H48F4N6O5S. The number of ether oxygens (including phenoxy) is 1. The van der Waals surface area contributed by atoms with Gasteiger partial charge in [0, 0.05) is 24.5 Å². The Morgan fingerprint density at radius 2 is 1.65 bits per heavy atom. The van der Waals surface area contributed by atoms with Gasteiger partial charge in [0.1, 0.15) is 17.1 Å². The van der Waals surface area contributed by atoms with Gasteiger partial charge in [0.15, 0.2) is 5.69 Å². The number of pyridine rings is 1. The first-order chi connectivity index (χ1) is 26.4. The number of aromatic nitrogens is 3. The predicted octanol–water partition coefficient (Wildman–Crippen LogP) is 8.92. The molecule has 2 heterocycles. The summed E-state index contributed by atoms with van der Waals surface area (Å²) in [7, 11) is -4.26. The summed E-state index contributed by atoms with van der Waals surface area (Å²) in [5.41, 5.74) is -3.60. The highest BCUT2D eigenvalue weighted by Crippen LogP contribution is 2.44. The number of amides is 2. The summed E-state index contributed by atoms with van der Waals surface area (Å²) in [6.45, 7) is 15.8. The number of carbonyl (C=O) groups excluding carboxylic acids is 2. The highest BCUT2D eigenvalue weighted by Gasteiger charge is 2.43. The van der Waals surface area contributed by atoms with E-state index in [1.54, 1.807) is 66.7 Å². The van der Waals surface area contributed by atoms with Crippen LogP contribution in [-0.4, -0.2) is 40.8 Å². The van der Waals surface area contributed by atoms with Crippen LogP contribution in [0, 0.1) is 24.1 Å². The molecule has 0 radical (unpaired) electrons. The number of carbonyl (C=O) groups is 2. The Hall–Kier alpha value is -5.09. The summed E-state index contributed by atoms with van der Waals surface area (Å²) in [6.07, 6.45) is -1.33. The molecule has 11 nitrogen and oxygen atoms in total. The van der Waals surface area contributed by atoms with E-state index in [1.807, 2.05) is 0 Å². The second kappa shape index (κ2) is 16.0. The van der Waals surface area contributed by atoms with Crippen molar-refractivity contribution in [3.8, 4) is 5.69 Å². The fraction of sp³-hybridized carbons (Fsp3) is 0.415. The molecule has 2 amide bonds. The normalized spacial score (nSPS) is 14.8. The van der Waals surface area contributed by atoms with Crippen molar-refractivity contribution in [1.29, 1.82) is 0 Å². The summed E-state index contributed by atoms with van der Waals surface area (Å²) in [4.78, 5) is 30.4. The van der Waals surface area contributed by atoms with E-state index in [1.165, 1.54) is 36.5 Å². The van der Waals surface area contributed by atoms with Crippen molar-refractivity contribution in [2.24, 2.45) is 11.3 Å². The molecule has 4 aromatic rings. The fourth-order valence-corrected chi connectivity index (χ4v) is 7.92. The van der Waals surface area contributed by atoms with Crippen LogP contribution in [0.5, 0.6) is 0 Å². The maximum atomic E-state index is 15.7. The quantitative estimate of drug-likeness (QED) is 0.114. The largest absolute Gasteiger partial charge is 0.444 e. The minimum atomic E-state index is -4.95. The van der Waals surface area contributed by atoms with E-state index in [0.717, 1.165) is 23.6 Å². The maximum Gasteiger partial charge on any atom is 0.435 e. The lowest BCUT2D eigenvalue weighted by Gasteiger charge is -2.38. The lowest BCUT2D eigenvalue weighted by molar-refractivity contribution is -0.141. The van der Waals surface area contributed by atoms with Crippen LogP contribution in [-0.2, 0) is 33.0 Å². The number of nitrogens with zero attached hydrogens (tertiary/aromatic N) is 3. The van der Waals surface area contributed by atoms with Crippen LogP contribution in [0.2, 0.25) is 0 Å².